The lowest BCUT2D eigenvalue weighted by Crippen LogP contribution is -2.04. The number of hydrogen-bond donors (Lipinski definition) is 2. The number of rotatable bonds is 18. The van der Waals surface area contributed by atoms with E-state index in [4.69, 9.17) is 4.55 Å². The highest BCUT2D eigenvalue weighted by Crippen LogP contribution is 2.27. The number of carboxylic acid groups (broad SMARTS) is 1. The monoisotopic (exact) mass is 537 g/mol. The number of thioether (sulfide) groups is 1. The van der Waals surface area contributed by atoms with Gasteiger partial charge in [0.15, 0.2) is 0 Å². The summed E-state index contributed by atoms with van der Waals surface area (Å²) in [6, 6.07) is 9.44. The molecular weight excluding hydrogens is 494 g/mol. The molecule has 2 N–H and O–H groups in total. The van der Waals surface area contributed by atoms with E-state index in [1.807, 2.05) is 18.2 Å². The van der Waals surface area contributed by atoms with Crippen LogP contribution < -0.4 is 0 Å². The predicted molar refractivity (Wildman–Crippen MR) is 148 cm³/mol. The van der Waals surface area contributed by atoms with Crippen molar-refractivity contribution in [1.29, 1.82) is 0 Å². The van der Waals surface area contributed by atoms with E-state index in [2.05, 4.69) is 11.9 Å². The van der Waals surface area contributed by atoms with E-state index in [1.165, 1.54) is 101 Å². The summed E-state index contributed by atoms with van der Waals surface area (Å²) in [6.07, 6.45) is 21.6. The molecule has 0 atom stereocenters. The fraction of sp³-hybridized carbons (Fsp3) is 0.571. The molecule has 0 spiro atoms. The van der Waals surface area contributed by atoms with Crippen molar-refractivity contribution < 1.29 is 22.9 Å². The molecule has 0 radical (unpaired) electrons. The van der Waals surface area contributed by atoms with E-state index < -0.39 is 16.1 Å². The molecule has 0 saturated heterocycles. The Bertz CT molecular complexity index is 910. The Morgan fingerprint density at radius 2 is 1.31 bits per heavy atom. The van der Waals surface area contributed by atoms with E-state index in [0.717, 1.165) is 24.7 Å². The fourth-order valence-corrected chi connectivity index (χ4v) is 5.30. The van der Waals surface area contributed by atoms with Crippen LogP contribution in [0, 0.1) is 0 Å². The standard InChI is InChI=1S/C23H38O5S2.C5H5N/c1-2-3-4-5-6-7-8-9-10-11-12-13-14-15-18-29-22-17-16-20(30(26,27)28)19-21(22)23(24)25;1-2-4-6-5-3-1/h16-17,19H,2-15,18H2,1H3,(H,24,25)(H,26,27,28);1-5H. The van der Waals surface area contributed by atoms with Gasteiger partial charge in [-0.3, -0.25) is 9.54 Å². The lowest BCUT2D eigenvalue weighted by molar-refractivity contribution is 0.0693. The van der Waals surface area contributed by atoms with E-state index in [-0.39, 0.29) is 10.5 Å². The van der Waals surface area contributed by atoms with Gasteiger partial charge in [-0.2, -0.15) is 8.42 Å². The largest absolute Gasteiger partial charge is 0.478 e. The van der Waals surface area contributed by atoms with Crippen LogP contribution in [0.15, 0.2) is 58.6 Å². The van der Waals surface area contributed by atoms with Crippen molar-refractivity contribution in [2.45, 2.75) is 107 Å². The van der Waals surface area contributed by atoms with Crippen LogP contribution in [0.4, 0.5) is 0 Å². The van der Waals surface area contributed by atoms with Crippen molar-refractivity contribution in [1.82, 2.24) is 4.98 Å². The highest BCUT2D eigenvalue weighted by atomic mass is 32.2. The number of pyridine rings is 1. The summed E-state index contributed by atoms with van der Waals surface area (Å²) in [4.78, 5) is 15.3. The number of carbonyl (C=O) groups is 1. The minimum Gasteiger partial charge on any atom is -0.478 e. The third kappa shape index (κ3) is 16.0. The highest BCUT2D eigenvalue weighted by Gasteiger charge is 2.17. The molecule has 202 valence electrons. The number of carboxylic acids is 1. The number of aromatic carboxylic acids is 1. The van der Waals surface area contributed by atoms with E-state index in [9.17, 15) is 18.3 Å². The van der Waals surface area contributed by atoms with Gasteiger partial charge in [-0.15, -0.1) is 11.8 Å². The third-order valence-electron chi connectivity index (χ3n) is 5.80. The zero-order valence-electron chi connectivity index (χ0n) is 21.6. The Labute approximate surface area is 222 Å². The Hall–Kier alpha value is -1.90. The highest BCUT2D eigenvalue weighted by molar-refractivity contribution is 7.99. The SMILES string of the molecule is CCCCCCCCCCCCCCCCSc1ccc(S(=O)(=O)O)cc1C(=O)O.c1ccncc1. The molecule has 2 aromatic rings. The first kappa shape index (κ1) is 32.1. The van der Waals surface area contributed by atoms with Gasteiger partial charge in [0.1, 0.15) is 0 Å². The van der Waals surface area contributed by atoms with Crippen molar-refractivity contribution in [2.24, 2.45) is 0 Å². The number of unbranched alkanes of at least 4 members (excludes halogenated alkanes) is 13. The molecule has 1 aromatic carbocycles. The molecule has 8 heteroatoms. The quantitative estimate of drug-likeness (QED) is 0.112. The topological polar surface area (TPSA) is 105 Å². The van der Waals surface area contributed by atoms with Gasteiger partial charge in [-0.1, -0.05) is 96.5 Å². The molecule has 0 aliphatic rings. The van der Waals surface area contributed by atoms with Crippen LogP contribution in [0.2, 0.25) is 0 Å². The van der Waals surface area contributed by atoms with Crippen molar-refractivity contribution in [3.05, 3.63) is 54.4 Å². The number of nitrogens with zero attached hydrogens (tertiary/aromatic N) is 1. The van der Waals surface area contributed by atoms with Crippen LogP contribution in [0.25, 0.3) is 0 Å². The maximum atomic E-state index is 11.4. The molecule has 0 aliphatic heterocycles. The average molecular weight is 538 g/mol. The number of hydrogen-bond acceptors (Lipinski definition) is 5. The molecule has 0 fully saturated rings. The van der Waals surface area contributed by atoms with E-state index in [0.29, 0.717) is 4.90 Å². The second-order valence-electron chi connectivity index (χ2n) is 8.91. The van der Waals surface area contributed by atoms with Crippen LogP contribution in [-0.4, -0.2) is 34.8 Å². The average Bonchev–Trinajstić information content (AvgIpc) is 2.87. The molecule has 0 unspecified atom stereocenters. The van der Waals surface area contributed by atoms with E-state index >= 15 is 0 Å². The van der Waals surface area contributed by atoms with Crippen LogP contribution in [-0.2, 0) is 10.1 Å². The maximum Gasteiger partial charge on any atom is 0.336 e. The van der Waals surface area contributed by atoms with Gasteiger partial charge >= 0.3 is 5.97 Å². The Balaban J connectivity index is 0.000000936. The zero-order valence-corrected chi connectivity index (χ0v) is 23.2. The molecule has 2 rings (SSSR count). The summed E-state index contributed by atoms with van der Waals surface area (Å²) < 4.78 is 31.4. The summed E-state index contributed by atoms with van der Waals surface area (Å²) in [5.74, 6) is -0.396. The summed E-state index contributed by atoms with van der Waals surface area (Å²) in [5, 5.41) is 9.29. The first-order chi connectivity index (χ1) is 17.4. The summed E-state index contributed by atoms with van der Waals surface area (Å²) in [7, 11) is -4.40. The second kappa shape index (κ2) is 20.2. The molecule has 0 bridgehead atoms. The molecule has 1 heterocycles. The minimum absolute atomic E-state index is 0.0829. The molecule has 0 aliphatic carbocycles. The molecule has 0 amide bonds. The molecule has 6 nitrogen and oxygen atoms in total. The summed E-state index contributed by atoms with van der Waals surface area (Å²) in [5.41, 5.74) is -0.0829. The summed E-state index contributed by atoms with van der Waals surface area (Å²) >= 11 is 1.42. The van der Waals surface area contributed by atoms with E-state index in [1.54, 1.807) is 12.4 Å². The fourth-order valence-electron chi connectivity index (χ4n) is 3.75. The lowest BCUT2D eigenvalue weighted by atomic mass is 10.0. The van der Waals surface area contributed by atoms with Crippen molar-refractivity contribution >= 4 is 27.8 Å². The van der Waals surface area contributed by atoms with Gasteiger partial charge in [0.2, 0.25) is 0 Å². The Kier molecular flexibility index (Phi) is 18.0. The third-order valence-corrected chi connectivity index (χ3v) is 7.81. The van der Waals surface area contributed by atoms with Gasteiger partial charge in [0.25, 0.3) is 10.1 Å². The molecule has 0 saturated carbocycles. The maximum absolute atomic E-state index is 11.4. The van der Waals surface area contributed by atoms with Gasteiger partial charge in [-0.25, -0.2) is 4.79 Å². The van der Waals surface area contributed by atoms with Crippen LogP contribution in [0.1, 0.15) is 107 Å². The lowest BCUT2D eigenvalue weighted by Gasteiger charge is -2.08. The van der Waals surface area contributed by atoms with Crippen molar-refractivity contribution in [2.75, 3.05) is 5.75 Å². The van der Waals surface area contributed by atoms with Crippen molar-refractivity contribution in [3.63, 3.8) is 0 Å². The first-order valence-corrected chi connectivity index (χ1v) is 15.6. The van der Waals surface area contributed by atoms with Crippen LogP contribution >= 0.6 is 11.8 Å². The van der Waals surface area contributed by atoms with Crippen LogP contribution in [0.3, 0.4) is 0 Å². The predicted octanol–water partition coefficient (Wildman–Crippen LogP) is 8.29. The van der Waals surface area contributed by atoms with Crippen LogP contribution in [0.5, 0.6) is 0 Å². The van der Waals surface area contributed by atoms with Gasteiger partial charge < -0.3 is 5.11 Å². The van der Waals surface area contributed by atoms with Crippen molar-refractivity contribution in [3.8, 4) is 0 Å². The molecular formula is C28H43NO5S2. The summed E-state index contributed by atoms with van der Waals surface area (Å²) in [6.45, 7) is 2.25. The zero-order chi connectivity index (χ0) is 26.5. The normalized spacial score (nSPS) is 11.1. The van der Waals surface area contributed by atoms with Gasteiger partial charge in [-0.05, 0) is 42.5 Å². The second-order valence-corrected chi connectivity index (χ2v) is 11.5. The Morgan fingerprint density at radius 1 is 0.806 bits per heavy atom. The van der Waals surface area contributed by atoms with Gasteiger partial charge in [0.05, 0.1) is 10.5 Å². The number of aromatic nitrogens is 1. The first-order valence-electron chi connectivity index (χ1n) is 13.2. The minimum atomic E-state index is -4.40. The Morgan fingerprint density at radius 3 is 1.69 bits per heavy atom. The van der Waals surface area contributed by atoms with Gasteiger partial charge in [0, 0.05) is 17.3 Å². The smallest absolute Gasteiger partial charge is 0.336 e. The number of benzene rings is 1. The molecule has 36 heavy (non-hydrogen) atoms. The molecule has 1 aromatic heterocycles.